The van der Waals surface area contributed by atoms with Crippen molar-refractivity contribution in [1.82, 2.24) is 10.9 Å². The summed E-state index contributed by atoms with van der Waals surface area (Å²) in [5, 5.41) is 8.85. The number of ether oxygens (including phenoxy) is 4. The van der Waals surface area contributed by atoms with Crippen LogP contribution >= 0.6 is 75.5 Å². The minimum absolute atomic E-state index is 0.284. The van der Waals surface area contributed by atoms with Gasteiger partial charge < -0.3 is 27.8 Å². The molecule has 0 saturated carbocycles. The monoisotopic (exact) mass is 890 g/mol. The number of halogens is 4. The van der Waals surface area contributed by atoms with Crippen molar-refractivity contribution in [2.24, 2.45) is 10.2 Å². The summed E-state index contributed by atoms with van der Waals surface area (Å²) >= 11 is 14.7. The first kappa shape index (κ1) is 34.6. The number of hydrogen-bond donors (Lipinski definition) is 2. The SMILES string of the molecule is COc1cc(Br)cc(Br)c1OCC(=O)NN=Cc1ccc(Sc2ccc(C=NNC(=O)COc3c(Br)cc(Br)cc3OC)o2)o1. The molecular formula is C28H22Br4N4O8S. The molecule has 236 valence electrons. The second-order valence-electron chi connectivity index (χ2n) is 8.42. The molecule has 45 heavy (non-hydrogen) atoms. The molecule has 2 heterocycles. The lowest BCUT2D eigenvalue weighted by molar-refractivity contribution is -0.123. The average molecular weight is 894 g/mol. The van der Waals surface area contributed by atoms with Gasteiger partial charge >= 0.3 is 0 Å². The first-order chi connectivity index (χ1) is 21.6. The van der Waals surface area contributed by atoms with E-state index in [9.17, 15) is 9.59 Å². The molecule has 2 amide bonds. The number of furan rings is 2. The normalized spacial score (nSPS) is 11.2. The van der Waals surface area contributed by atoms with E-state index in [0.29, 0.717) is 53.6 Å². The first-order valence-corrected chi connectivity index (χ1v) is 16.5. The number of hydrazone groups is 2. The standard InChI is InChI=1S/C28H22Br4N4O8S/c1-39-21-9-15(29)7-19(31)27(21)41-13-23(37)35-33-11-17-3-5-25(43-17)45-26-6-4-18(44-26)12-34-36-24(38)14-42-28-20(32)8-16(30)10-22(28)40-2/h3-12H,13-14H2,1-2H3,(H,35,37)(H,36,38). The molecule has 0 aliphatic rings. The van der Waals surface area contributed by atoms with Crippen LogP contribution in [0.1, 0.15) is 11.5 Å². The summed E-state index contributed by atoms with van der Waals surface area (Å²) in [4.78, 5) is 24.3. The molecule has 0 fully saturated rings. The zero-order valence-electron chi connectivity index (χ0n) is 23.3. The van der Waals surface area contributed by atoms with Crippen LogP contribution < -0.4 is 29.8 Å². The summed E-state index contributed by atoms with van der Waals surface area (Å²) in [6.07, 6.45) is 2.71. The number of methoxy groups -OCH3 is 2. The van der Waals surface area contributed by atoms with E-state index in [4.69, 9.17) is 27.8 Å². The van der Waals surface area contributed by atoms with Crippen molar-refractivity contribution in [1.29, 1.82) is 0 Å². The van der Waals surface area contributed by atoms with Crippen LogP contribution in [0.25, 0.3) is 0 Å². The fourth-order valence-electron chi connectivity index (χ4n) is 3.35. The van der Waals surface area contributed by atoms with Crippen molar-refractivity contribution in [2.75, 3.05) is 27.4 Å². The van der Waals surface area contributed by atoms with Crippen molar-refractivity contribution in [3.8, 4) is 23.0 Å². The van der Waals surface area contributed by atoms with Gasteiger partial charge in [0.15, 0.2) is 46.4 Å². The van der Waals surface area contributed by atoms with Crippen molar-refractivity contribution in [3.05, 3.63) is 77.9 Å². The Hall–Kier alpha value is -3.25. The Bertz CT molecular complexity index is 1600. The van der Waals surface area contributed by atoms with E-state index in [1.54, 1.807) is 48.5 Å². The third-order valence-electron chi connectivity index (χ3n) is 5.25. The lowest BCUT2D eigenvalue weighted by Crippen LogP contribution is -2.24. The first-order valence-electron chi connectivity index (χ1n) is 12.5. The summed E-state index contributed by atoms with van der Waals surface area (Å²) in [5.74, 6) is 1.56. The minimum atomic E-state index is -0.476. The van der Waals surface area contributed by atoms with Gasteiger partial charge in [-0.2, -0.15) is 10.2 Å². The van der Waals surface area contributed by atoms with E-state index >= 15 is 0 Å². The Morgan fingerprint density at radius 2 is 1.16 bits per heavy atom. The molecule has 0 spiro atoms. The highest BCUT2D eigenvalue weighted by Gasteiger charge is 2.14. The molecule has 0 aliphatic carbocycles. The van der Waals surface area contributed by atoms with Crippen LogP contribution in [0.15, 0.2) is 95.6 Å². The number of carbonyl (C=O) groups is 2. The van der Waals surface area contributed by atoms with Crippen molar-refractivity contribution in [2.45, 2.75) is 10.2 Å². The van der Waals surface area contributed by atoms with E-state index in [-0.39, 0.29) is 13.2 Å². The fourth-order valence-corrected chi connectivity index (χ4v) is 6.70. The molecule has 2 N–H and O–H groups in total. The average Bonchev–Trinajstić information content (AvgIpc) is 3.64. The number of carbonyl (C=O) groups excluding carboxylic acids is 2. The number of amides is 2. The van der Waals surface area contributed by atoms with E-state index in [1.165, 1.54) is 38.4 Å². The van der Waals surface area contributed by atoms with Gasteiger partial charge in [-0.15, -0.1) is 0 Å². The second kappa shape index (κ2) is 16.9. The van der Waals surface area contributed by atoms with Crippen LogP contribution in [0.3, 0.4) is 0 Å². The second-order valence-corrected chi connectivity index (χ2v) is 13.0. The predicted octanol–water partition coefficient (Wildman–Crippen LogP) is 7.15. The maximum Gasteiger partial charge on any atom is 0.277 e. The summed E-state index contributed by atoms with van der Waals surface area (Å²) in [7, 11) is 3.01. The molecule has 0 atom stereocenters. The van der Waals surface area contributed by atoms with Crippen LogP contribution in [0.5, 0.6) is 23.0 Å². The van der Waals surface area contributed by atoms with Gasteiger partial charge in [-0.05, 0) is 92.2 Å². The van der Waals surface area contributed by atoms with E-state index in [2.05, 4.69) is 84.8 Å². The molecule has 2 aromatic heterocycles. The molecule has 17 heteroatoms. The van der Waals surface area contributed by atoms with Gasteiger partial charge in [-0.1, -0.05) is 31.9 Å². The largest absolute Gasteiger partial charge is 0.493 e. The molecule has 0 bridgehead atoms. The van der Waals surface area contributed by atoms with Crippen LogP contribution in [-0.2, 0) is 9.59 Å². The van der Waals surface area contributed by atoms with E-state index < -0.39 is 11.8 Å². The Balaban J connectivity index is 1.20. The summed E-state index contributed by atoms with van der Waals surface area (Å²) in [6.45, 7) is -0.567. The number of benzene rings is 2. The molecule has 4 rings (SSSR count). The van der Waals surface area contributed by atoms with E-state index in [0.717, 1.165) is 8.95 Å². The lowest BCUT2D eigenvalue weighted by Gasteiger charge is -2.12. The molecule has 0 saturated heterocycles. The highest BCUT2D eigenvalue weighted by molar-refractivity contribution is 9.11. The molecule has 12 nitrogen and oxygen atoms in total. The topological polar surface area (TPSA) is 146 Å². The van der Waals surface area contributed by atoms with Gasteiger partial charge in [0.1, 0.15) is 11.5 Å². The quantitative estimate of drug-likeness (QED) is 0.0996. The van der Waals surface area contributed by atoms with Crippen molar-refractivity contribution in [3.63, 3.8) is 0 Å². The summed E-state index contributed by atoms with van der Waals surface area (Å²) < 4.78 is 35.9. The Kier molecular flexibility index (Phi) is 13.0. The van der Waals surface area contributed by atoms with Crippen molar-refractivity contribution < 1.29 is 37.4 Å². The highest BCUT2D eigenvalue weighted by atomic mass is 79.9. The molecule has 4 aromatic rings. The van der Waals surface area contributed by atoms with E-state index in [1.807, 2.05) is 0 Å². The lowest BCUT2D eigenvalue weighted by atomic mass is 10.3. The number of hydrogen-bond acceptors (Lipinski definition) is 11. The van der Waals surface area contributed by atoms with Crippen LogP contribution in [0.4, 0.5) is 0 Å². The van der Waals surface area contributed by atoms with Gasteiger partial charge in [0.25, 0.3) is 11.8 Å². The Morgan fingerprint density at radius 3 is 1.56 bits per heavy atom. The van der Waals surface area contributed by atoms with Gasteiger partial charge in [-0.3, -0.25) is 9.59 Å². The molecule has 0 aliphatic heterocycles. The van der Waals surface area contributed by atoms with Gasteiger partial charge in [0, 0.05) is 8.95 Å². The van der Waals surface area contributed by atoms with Gasteiger partial charge in [0.2, 0.25) is 0 Å². The van der Waals surface area contributed by atoms with Gasteiger partial charge in [0.05, 0.1) is 35.6 Å². The van der Waals surface area contributed by atoms with Crippen LogP contribution in [-0.4, -0.2) is 51.7 Å². The smallest absolute Gasteiger partial charge is 0.277 e. The molecule has 0 unspecified atom stereocenters. The predicted molar refractivity (Wildman–Crippen MR) is 181 cm³/mol. The Labute approximate surface area is 294 Å². The zero-order chi connectivity index (χ0) is 32.3. The highest BCUT2D eigenvalue weighted by Crippen LogP contribution is 2.39. The minimum Gasteiger partial charge on any atom is -0.493 e. The fraction of sp³-hybridized carbons (Fsp3) is 0.143. The number of rotatable bonds is 14. The van der Waals surface area contributed by atoms with Gasteiger partial charge in [-0.25, -0.2) is 10.9 Å². The Morgan fingerprint density at radius 1 is 0.733 bits per heavy atom. The third kappa shape index (κ3) is 10.4. The van der Waals surface area contributed by atoms with Crippen LogP contribution in [0.2, 0.25) is 0 Å². The van der Waals surface area contributed by atoms with Crippen LogP contribution in [0, 0.1) is 0 Å². The number of nitrogens with zero attached hydrogens (tertiary/aromatic N) is 2. The molecule has 0 radical (unpaired) electrons. The molecular weight excluding hydrogens is 872 g/mol. The maximum absolute atomic E-state index is 12.2. The summed E-state index contributed by atoms with van der Waals surface area (Å²) in [6, 6.07) is 13.8. The zero-order valence-corrected chi connectivity index (χ0v) is 30.4. The third-order valence-corrected chi connectivity index (χ3v) is 8.19. The maximum atomic E-state index is 12.2. The summed E-state index contributed by atoms with van der Waals surface area (Å²) in [5.41, 5.74) is 4.76. The number of nitrogens with one attached hydrogen (secondary N) is 2. The van der Waals surface area contributed by atoms with Crippen molar-refractivity contribution >= 4 is 99.7 Å². The molecule has 2 aromatic carbocycles.